The number of aliphatic hydroxyl groups is 1. The molecule has 0 saturated heterocycles. The highest BCUT2D eigenvalue weighted by Crippen LogP contribution is 2.30. The van der Waals surface area contributed by atoms with Crippen molar-refractivity contribution in [2.45, 2.75) is 6.10 Å². The van der Waals surface area contributed by atoms with Crippen molar-refractivity contribution >= 4 is 26.8 Å². The maximum Gasteiger partial charge on any atom is 0.124 e. The molecular formula is C16H11BrFNO. The molecule has 0 aliphatic heterocycles. The van der Waals surface area contributed by atoms with Crippen LogP contribution in [-0.4, -0.2) is 10.1 Å². The van der Waals surface area contributed by atoms with Gasteiger partial charge in [-0.2, -0.15) is 0 Å². The summed E-state index contributed by atoms with van der Waals surface area (Å²) in [6.45, 7) is 0. The number of aliphatic hydroxyl groups excluding tert-OH is 1. The summed E-state index contributed by atoms with van der Waals surface area (Å²) in [5.41, 5.74) is 2.17. The van der Waals surface area contributed by atoms with E-state index < -0.39 is 6.10 Å². The molecule has 2 nitrogen and oxygen atoms in total. The van der Waals surface area contributed by atoms with Gasteiger partial charge in [0.2, 0.25) is 0 Å². The number of nitrogens with zero attached hydrogens (tertiary/aromatic N) is 1. The Balaban J connectivity index is 2.05. The minimum Gasteiger partial charge on any atom is -0.384 e. The van der Waals surface area contributed by atoms with Crippen molar-refractivity contribution in [3.05, 3.63) is 76.1 Å². The Morgan fingerprint density at radius 1 is 1.10 bits per heavy atom. The van der Waals surface area contributed by atoms with E-state index in [0.717, 1.165) is 10.9 Å². The number of para-hydroxylation sites is 1. The van der Waals surface area contributed by atoms with Crippen LogP contribution in [-0.2, 0) is 0 Å². The fourth-order valence-electron chi connectivity index (χ4n) is 2.14. The van der Waals surface area contributed by atoms with Crippen LogP contribution in [0.1, 0.15) is 17.2 Å². The number of pyridine rings is 1. The quantitative estimate of drug-likeness (QED) is 0.762. The average Bonchev–Trinajstić information content (AvgIpc) is 2.46. The zero-order valence-corrected chi connectivity index (χ0v) is 12.0. The fourth-order valence-corrected chi connectivity index (χ4v) is 2.71. The van der Waals surface area contributed by atoms with Gasteiger partial charge in [-0.3, -0.25) is 4.98 Å². The summed E-state index contributed by atoms with van der Waals surface area (Å²) in [7, 11) is 0. The van der Waals surface area contributed by atoms with E-state index in [1.54, 1.807) is 12.3 Å². The van der Waals surface area contributed by atoms with Crippen LogP contribution in [0.5, 0.6) is 0 Å². The first kappa shape index (κ1) is 13.2. The van der Waals surface area contributed by atoms with Gasteiger partial charge in [-0.15, -0.1) is 0 Å². The van der Waals surface area contributed by atoms with Crippen LogP contribution in [0.15, 0.2) is 59.2 Å². The van der Waals surface area contributed by atoms with E-state index in [4.69, 9.17) is 0 Å². The molecule has 0 spiro atoms. The molecule has 1 aromatic heterocycles. The summed E-state index contributed by atoms with van der Waals surface area (Å²) in [5.74, 6) is -0.343. The van der Waals surface area contributed by atoms with Crippen molar-refractivity contribution in [2.75, 3.05) is 0 Å². The third-order valence-corrected chi connectivity index (χ3v) is 3.87. The minimum absolute atomic E-state index is 0.343. The molecule has 1 N–H and O–H groups in total. The third-order valence-electron chi connectivity index (χ3n) is 3.18. The third kappa shape index (κ3) is 2.44. The van der Waals surface area contributed by atoms with E-state index in [0.29, 0.717) is 15.6 Å². The zero-order valence-electron chi connectivity index (χ0n) is 10.4. The topological polar surface area (TPSA) is 33.1 Å². The molecule has 0 aliphatic carbocycles. The van der Waals surface area contributed by atoms with Gasteiger partial charge in [0.1, 0.15) is 11.9 Å². The Bertz CT molecular complexity index is 775. The lowest BCUT2D eigenvalue weighted by atomic mass is 10.0. The van der Waals surface area contributed by atoms with E-state index in [2.05, 4.69) is 20.9 Å². The molecule has 0 aliphatic rings. The second-order valence-electron chi connectivity index (χ2n) is 4.53. The van der Waals surface area contributed by atoms with Gasteiger partial charge in [0.05, 0.1) is 5.52 Å². The molecule has 0 bridgehead atoms. The number of aromatic nitrogens is 1. The van der Waals surface area contributed by atoms with Crippen LogP contribution in [0.25, 0.3) is 10.9 Å². The van der Waals surface area contributed by atoms with Gasteiger partial charge < -0.3 is 5.11 Å². The molecule has 3 aromatic rings. The molecule has 3 rings (SSSR count). The molecule has 20 heavy (non-hydrogen) atoms. The summed E-state index contributed by atoms with van der Waals surface area (Å²) >= 11 is 3.27. The van der Waals surface area contributed by atoms with E-state index in [-0.39, 0.29) is 5.82 Å². The molecule has 1 heterocycles. The van der Waals surface area contributed by atoms with E-state index >= 15 is 0 Å². The predicted octanol–water partition coefficient (Wildman–Crippen LogP) is 4.22. The Labute approximate surface area is 124 Å². The highest BCUT2D eigenvalue weighted by Gasteiger charge is 2.15. The van der Waals surface area contributed by atoms with Gasteiger partial charge >= 0.3 is 0 Å². The Hall–Kier alpha value is -1.78. The van der Waals surface area contributed by atoms with Crippen molar-refractivity contribution in [1.82, 2.24) is 4.98 Å². The number of rotatable bonds is 2. The van der Waals surface area contributed by atoms with E-state index in [1.165, 1.54) is 12.1 Å². The van der Waals surface area contributed by atoms with Crippen LogP contribution in [0.4, 0.5) is 4.39 Å². The van der Waals surface area contributed by atoms with Crippen LogP contribution in [0, 0.1) is 5.82 Å². The highest BCUT2D eigenvalue weighted by molar-refractivity contribution is 9.10. The first-order valence-electron chi connectivity index (χ1n) is 6.13. The molecule has 0 saturated carbocycles. The summed E-state index contributed by atoms with van der Waals surface area (Å²) in [6, 6.07) is 13.8. The average molecular weight is 332 g/mol. The SMILES string of the molecule is OC(c1cnc2ccccc2c1)c1ccc(F)cc1Br. The Kier molecular flexibility index (Phi) is 3.51. The Morgan fingerprint density at radius 3 is 2.70 bits per heavy atom. The standard InChI is InChI=1S/C16H11BrFNO/c17-14-8-12(18)5-6-13(14)16(20)11-7-10-3-1-2-4-15(10)19-9-11/h1-9,16,20H. The van der Waals surface area contributed by atoms with Gasteiger partial charge in [0.25, 0.3) is 0 Å². The van der Waals surface area contributed by atoms with Crippen LogP contribution in [0.2, 0.25) is 0 Å². The summed E-state index contributed by atoms with van der Waals surface area (Å²) < 4.78 is 13.6. The monoisotopic (exact) mass is 331 g/mol. The van der Waals surface area contributed by atoms with E-state index in [9.17, 15) is 9.50 Å². The molecule has 2 aromatic carbocycles. The number of hydrogen-bond acceptors (Lipinski definition) is 2. The van der Waals surface area contributed by atoms with Gasteiger partial charge in [-0.25, -0.2) is 4.39 Å². The lowest BCUT2D eigenvalue weighted by Gasteiger charge is -2.13. The largest absolute Gasteiger partial charge is 0.384 e. The lowest BCUT2D eigenvalue weighted by molar-refractivity contribution is 0.219. The van der Waals surface area contributed by atoms with E-state index in [1.807, 2.05) is 30.3 Å². The number of benzene rings is 2. The van der Waals surface area contributed by atoms with Crippen molar-refractivity contribution in [3.63, 3.8) is 0 Å². The lowest BCUT2D eigenvalue weighted by Crippen LogP contribution is -2.01. The highest BCUT2D eigenvalue weighted by atomic mass is 79.9. The number of hydrogen-bond donors (Lipinski definition) is 1. The van der Waals surface area contributed by atoms with Crippen molar-refractivity contribution in [2.24, 2.45) is 0 Å². The maximum atomic E-state index is 13.1. The minimum atomic E-state index is -0.845. The summed E-state index contributed by atoms with van der Waals surface area (Å²) in [6.07, 6.45) is 0.796. The maximum absolute atomic E-state index is 13.1. The molecule has 0 radical (unpaired) electrons. The second-order valence-corrected chi connectivity index (χ2v) is 5.38. The molecule has 0 amide bonds. The first-order valence-corrected chi connectivity index (χ1v) is 6.92. The molecule has 1 atom stereocenters. The number of halogens is 2. The molecular weight excluding hydrogens is 321 g/mol. The smallest absolute Gasteiger partial charge is 0.124 e. The molecule has 1 unspecified atom stereocenters. The molecule has 0 fully saturated rings. The van der Waals surface area contributed by atoms with Crippen molar-refractivity contribution < 1.29 is 9.50 Å². The summed E-state index contributed by atoms with van der Waals surface area (Å²) in [5, 5.41) is 11.4. The first-order chi connectivity index (χ1) is 9.65. The second kappa shape index (κ2) is 5.31. The molecule has 4 heteroatoms. The zero-order chi connectivity index (χ0) is 14.1. The van der Waals surface area contributed by atoms with Gasteiger partial charge in [0, 0.05) is 21.6 Å². The van der Waals surface area contributed by atoms with Crippen molar-refractivity contribution in [3.8, 4) is 0 Å². The summed E-state index contributed by atoms with van der Waals surface area (Å²) in [4.78, 5) is 4.33. The van der Waals surface area contributed by atoms with Crippen LogP contribution in [0.3, 0.4) is 0 Å². The fraction of sp³-hybridized carbons (Fsp3) is 0.0625. The molecule has 100 valence electrons. The van der Waals surface area contributed by atoms with Crippen LogP contribution >= 0.6 is 15.9 Å². The van der Waals surface area contributed by atoms with Gasteiger partial charge in [-0.05, 0) is 29.8 Å². The van der Waals surface area contributed by atoms with Gasteiger partial charge in [0.15, 0.2) is 0 Å². The predicted molar refractivity (Wildman–Crippen MR) is 79.9 cm³/mol. The van der Waals surface area contributed by atoms with Gasteiger partial charge in [-0.1, -0.05) is 40.2 Å². The van der Waals surface area contributed by atoms with Crippen molar-refractivity contribution in [1.29, 1.82) is 0 Å². The normalized spacial score (nSPS) is 12.6. The Morgan fingerprint density at radius 2 is 1.90 bits per heavy atom. The van der Waals surface area contributed by atoms with Crippen LogP contribution < -0.4 is 0 Å². The number of fused-ring (bicyclic) bond motifs is 1.